The lowest BCUT2D eigenvalue weighted by Crippen LogP contribution is -2.05. The molecule has 2 aromatic rings. The summed E-state index contributed by atoms with van der Waals surface area (Å²) in [6.07, 6.45) is 0.0708. The normalized spacial score (nSPS) is 12.5. The fraction of sp³-hybridized carbons (Fsp3) is 0.300. The summed E-state index contributed by atoms with van der Waals surface area (Å²) >= 11 is 2.79. The minimum Gasteiger partial charge on any atom is -0.481 e. The van der Waals surface area contributed by atoms with Gasteiger partial charge < -0.3 is 9.52 Å². The quantitative estimate of drug-likeness (QED) is 0.842. The van der Waals surface area contributed by atoms with Crippen molar-refractivity contribution in [2.75, 3.05) is 0 Å². The van der Waals surface area contributed by atoms with Crippen molar-refractivity contribution < 1.29 is 14.3 Å². The molecule has 7 heteroatoms. The van der Waals surface area contributed by atoms with E-state index in [4.69, 9.17) is 9.52 Å². The van der Waals surface area contributed by atoms with Crippen LogP contribution in [0.3, 0.4) is 0 Å². The number of rotatable bonds is 5. The molecule has 0 saturated heterocycles. The molecule has 0 aliphatic carbocycles. The molecule has 0 spiro atoms. The topological polar surface area (TPSA) is 76.2 Å². The van der Waals surface area contributed by atoms with Gasteiger partial charge in [-0.2, -0.15) is 0 Å². The standard InChI is InChI=1S/C10H10N2O3S2/c1-6(5-8(13)14)17-10-12-11-9(15-10)7-3-2-4-16-7/h2-4,6H,5H2,1H3,(H,13,14). The van der Waals surface area contributed by atoms with Gasteiger partial charge in [0.25, 0.3) is 11.1 Å². The average molecular weight is 270 g/mol. The van der Waals surface area contributed by atoms with Crippen LogP contribution >= 0.6 is 23.1 Å². The molecule has 1 unspecified atom stereocenters. The molecule has 0 saturated carbocycles. The van der Waals surface area contributed by atoms with Crippen LogP contribution in [0.5, 0.6) is 0 Å². The molecular formula is C10H10N2O3S2. The van der Waals surface area contributed by atoms with Crippen LogP contribution in [0.2, 0.25) is 0 Å². The molecule has 0 amide bonds. The average Bonchev–Trinajstić information content (AvgIpc) is 2.84. The van der Waals surface area contributed by atoms with Gasteiger partial charge in [-0.1, -0.05) is 24.8 Å². The Morgan fingerprint density at radius 1 is 1.65 bits per heavy atom. The van der Waals surface area contributed by atoms with Crippen molar-refractivity contribution in [3.05, 3.63) is 17.5 Å². The molecule has 0 aliphatic rings. The molecular weight excluding hydrogens is 260 g/mol. The molecule has 1 atom stereocenters. The highest BCUT2D eigenvalue weighted by Crippen LogP contribution is 2.29. The number of carbonyl (C=O) groups is 1. The Kier molecular flexibility index (Phi) is 3.80. The first kappa shape index (κ1) is 12.1. The van der Waals surface area contributed by atoms with Crippen LogP contribution in [0, 0.1) is 0 Å². The lowest BCUT2D eigenvalue weighted by Gasteiger charge is -2.02. The first-order valence-electron chi connectivity index (χ1n) is 4.91. The van der Waals surface area contributed by atoms with Crippen LogP contribution in [0.15, 0.2) is 27.2 Å². The lowest BCUT2D eigenvalue weighted by atomic mass is 10.3. The summed E-state index contributed by atoms with van der Waals surface area (Å²) in [6.45, 7) is 1.81. The van der Waals surface area contributed by atoms with Crippen LogP contribution in [0.1, 0.15) is 13.3 Å². The smallest absolute Gasteiger partial charge is 0.304 e. The second-order valence-corrected chi connectivity index (χ2v) is 5.71. The van der Waals surface area contributed by atoms with Crippen LogP contribution in [0.25, 0.3) is 10.8 Å². The first-order chi connectivity index (χ1) is 8.15. The van der Waals surface area contributed by atoms with Crippen molar-refractivity contribution in [1.82, 2.24) is 10.2 Å². The predicted octanol–water partition coefficient (Wildman–Crippen LogP) is 2.75. The zero-order chi connectivity index (χ0) is 12.3. The van der Waals surface area contributed by atoms with Crippen LogP contribution < -0.4 is 0 Å². The maximum atomic E-state index is 10.5. The maximum absolute atomic E-state index is 10.5. The second kappa shape index (κ2) is 5.33. The van der Waals surface area contributed by atoms with E-state index in [1.165, 1.54) is 23.1 Å². The van der Waals surface area contributed by atoms with Gasteiger partial charge in [-0.15, -0.1) is 21.5 Å². The molecule has 2 rings (SSSR count). The summed E-state index contributed by atoms with van der Waals surface area (Å²) in [5.74, 6) is -0.354. The summed E-state index contributed by atoms with van der Waals surface area (Å²) in [4.78, 5) is 11.4. The number of hydrogen-bond acceptors (Lipinski definition) is 6. The minimum atomic E-state index is -0.831. The number of aliphatic carboxylic acids is 1. The van der Waals surface area contributed by atoms with Gasteiger partial charge >= 0.3 is 5.97 Å². The SMILES string of the molecule is CC(CC(=O)O)Sc1nnc(-c2cccs2)o1. The van der Waals surface area contributed by atoms with Crippen molar-refractivity contribution in [3.63, 3.8) is 0 Å². The predicted molar refractivity (Wildman–Crippen MR) is 65.2 cm³/mol. The second-order valence-electron chi connectivity index (χ2n) is 3.38. The fourth-order valence-corrected chi connectivity index (χ4v) is 2.65. The van der Waals surface area contributed by atoms with E-state index < -0.39 is 5.97 Å². The number of thiophene rings is 1. The monoisotopic (exact) mass is 270 g/mol. The molecule has 0 aromatic carbocycles. The first-order valence-corrected chi connectivity index (χ1v) is 6.67. The number of carboxylic acids is 1. The van der Waals surface area contributed by atoms with Crippen molar-refractivity contribution in [2.24, 2.45) is 0 Å². The number of carboxylic acid groups (broad SMARTS) is 1. The Morgan fingerprint density at radius 3 is 3.12 bits per heavy atom. The van der Waals surface area contributed by atoms with Crippen molar-refractivity contribution >= 4 is 29.1 Å². The van der Waals surface area contributed by atoms with Crippen LogP contribution in [-0.4, -0.2) is 26.5 Å². The zero-order valence-electron chi connectivity index (χ0n) is 8.99. The van der Waals surface area contributed by atoms with Crippen molar-refractivity contribution in [3.8, 4) is 10.8 Å². The van der Waals surface area contributed by atoms with Gasteiger partial charge in [0.2, 0.25) is 0 Å². The summed E-state index contributed by atoms with van der Waals surface area (Å²) in [7, 11) is 0. The maximum Gasteiger partial charge on any atom is 0.304 e. The van der Waals surface area contributed by atoms with E-state index in [0.717, 1.165) is 4.88 Å². The zero-order valence-corrected chi connectivity index (χ0v) is 10.6. The summed E-state index contributed by atoms with van der Waals surface area (Å²) in [5, 5.41) is 18.7. The van der Waals surface area contributed by atoms with Crippen LogP contribution in [-0.2, 0) is 4.79 Å². The van der Waals surface area contributed by atoms with Gasteiger partial charge in [0, 0.05) is 5.25 Å². The molecule has 2 heterocycles. The Hall–Kier alpha value is -1.34. The van der Waals surface area contributed by atoms with E-state index in [1.54, 1.807) is 0 Å². The molecule has 90 valence electrons. The number of nitrogens with zero attached hydrogens (tertiary/aromatic N) is 2. The number of hydrogen-bond donors (Lipinski definition) is 1. The van der Waals surface area contributed by atoms with Gasteiger partial charge in [-0.25, -0.2) is 0 Å². The van der Waals surface area contributed by atoms with Gasteiger partial charge in [0.1, 0.15) is 0 Å². The molecule has 17 heavy (non-hydrogen) atoms. The van der Waals surface area contributed by atoms with E-state index in [2.05, 4.69) is 10.2 Å². The summed E-state index contributed by atoms with van der Waals surface area (Å²) < 4.78 is 5.44. The van der Waals surface area contributed by atoms with E-state index >= 15 is 0 Å². The fourth-order valence-electron chi connectivity index (χ4n) is 1.22. The van der Waals surface area contributed by atoms with Gasteiger partial charge in [0.15, 0.2) is 0 Å². The highest BCUT2D eigenvalue weighted by molar-refractivity contribution is 7.99. The number of aromatic nitrogens is 2. The van der Waals surface area contributed by atoms with E-state index in [1.807, 2.05) is 24.4 Å². The van der Waals surface area contributed by atoms with Crippen molar-refractivity contribution in [1.29, 1.82) is 0 Å². The highest BCUT2D eigenvalue weighted by Gasteiger charge is 2.15. The third-order valence-electron chi connectivity index (χ3n) is 1.90. The molecule has 0 fully saturated rings. The van der Waals surface area contributed by atoms with Crippen molar-refractivity contribution in [2.45, 2.75) is 23.8 Å². The van der Waals surface area contributed by atoms with E-state index in [0.29, 0.717) is 11.1 Å². The van der Waals surface area contributed by atoms with E-state index in [-0.39, 0.29) is 11.7 Å². The Labute approximate surface area is 106 Å². The summed E-state index contributed by atoms with van der Waals surface area (Å²) in [5.41, 5.74) is 0. The Morgan fingerprint density at radius 2 is 2.47 bits per heavy atom. The minimum absolute atomic E-state index is 0.0708. The van der Waals surface area contributed by atoms with E-state index in [9.17, 15) is 4.79 Å². The van der Waals surface area contributed by atoms with Crippen LogP contribution in [0.4, 0.5) is 0 Å². The molecule has 2 aromatic heterocycles. The largest absolute Gasteiger partial charge is 0.481 e. The molecule has 0 radical (unpaired) electrons. The number of thioether (sulfide) groups is 1. The molecule has 1 N–H and O–H groups in total. The third-order valence-corrected chi connectivity index (χ3v) is 3.70. The lowest BCUT2D eigenvalue weighted by molar-refractivity contribution is -0.136. The molecule has 0 aliphatic heterocycles. The molecule has 0 bridgehead atoms. The Balaban J connectivity index is 2.01. The van der Waals surface area contributed by atoms with Gasteiger partial charge in [-0.3, -0.25) is 4.79 Å². The van der Waals surface area contributed by atoms with Gasteiger partial charge in [0.05, 0.1) is 11.3 Å². The molecule has 5 nitrogen and oxygen atoms in total. The highest BCUT2D eigenvalue weighted by atomic mass is 32.2. The Bertz CT molecular complexity index is 495. The van der Waals surface area contributed by atoms with Gasteiger partial charge in [-0.05, 0) is 11.4 Å². The third kappa shape index (κ3) is 3.31. The summed E-state index contributed by atoms with van der Waals surface area (Å²) in [6, 6.07) is 3.80.